The zero-order valence-corrected chi connectivity index (χ0v) is 21.3. The van der Waals surface area contributed by atoms with Crippen molar-refractivity contribution in [1.82, 2.24) is 15.0 Å². The summed E-state index contributed by atoms with van der Waals surface area (Å²) >= 11 is 1.51. The Labute approximate surface area is 212 Å². The van der Waals surface area contributed by atoms with Crippen molar-refractivity contribution in [2.24, 2.45) is 0 Å². The first-order valence-electron chi connectivity index (χ1n) is 11.4. The van der Waals surface area contributed by atoms with Crippen LogP contribution in [0.1, 0.15) is 20.8 Å². The number of hydrogen-bond acceptors (Lipinski definition) is 8. The third-order valence-corrected chi connectivity index (χ3v) is 6.22. The van der Waals surface area contributed by atoms with Gasteiger partial charge in [0.15, 0.2) is 0 Å². The maximum absolute atomic E-state index is 12.5. The number of halogens is 1. The summed E-state index contributed by atoms with van der Waals surface area (Å²) in [6.45, 7) is 4.81. The van der Waals surface area contributed by atoms with E-state index in [0.29, 0.717) is 5.82 Å². The largest absolute Gasteiger partial charge is 0.443 e. The molecular weight excluding hydrogens is 481 g/mol. The minimum atomic E-state index is -1.03. The lowest BCUT2D eigenvalue weighted by atomic mass is 10.1. The molecule has 0 saturated heterocycles. The van der Waals surface area contributed by atoms with E-state index in [4.69, 9.17) is 4.74 Å². The smallest absolute Gasteiger partial charge is 0.415 e. The Morgan fingerprint density at radius 3 is 2.47 bits per heavy atom. The number of aliphatic hydroxyl groups excluding tert-OH is 1. The number of pyridine rings is 2. The van der Waals surface area contributed by atoms with Crippen molar-refractivity contribution in [2.45, 2.75) is 32.5 Å². The zero-order chi connectivity index (χ0) is 25.9. The lowest BCUT2D eigenvalue weighted by molar-refractivity contribution is 0.0588. The first-order chi connectivity index (χ1) is 17.1. The van der Waals surface area contributed by atoms with E-state index < -0.39 is 24.5 Å². The van der Waals surface area contributed by atoms with E-state index >= 15 is 0 Å². The van der Waals surface area contributed by atoms with E-state index in [2.05, 4.69) is 20.3 Å². The van der Waals surface area contributed by atoms with Gasteiger partial charge < -0.3 is 15.2 Å². The van der Waals surface area contributed by atoms with E-state index in [1.165, 1.54) is 16.2 Å². The van der Waals surface area contributed by atoms with Gasteiger partial charge in [0.1, 0.15) is 23.1 Å². The predicted molar refractivity (Wildman–Crippen MR) is 141 cm³/mol. The topological polar surface area (TPSA) is 100 Å². The average molecular weight is 510 g/mol. The van der Waals surface area contributed by atoms with Crippen molar-refractivity contribution in [3.05, 3.63) is 54.9 Å². The molecule has 0 saturated carbocycles. The summed E-state index contributed by atoms with van der Waals surface area (Å²) in [5.41, 5.74) is 3.55. The van der Waals surface area contributed by atoms with Gasteiger partial charge in [-0.25, -0.2) is 19.2 Å². The number of aromatic nitrogens is 3. The summed E-state index contributed by atoms with van der Waals surface area (Å²) in [6, 6.07) is 13.2. The molecule has 0 spiro atoms. The summed E-state index contributed by atoms with van der Waals surface area (Å²) in [5.74, 6) is 0.486. The average Bonchev–Trinajstić information content (AvgIpc) is 3.29. The van der Waals surface area contributed by atoms with Gasteiger partial charge in [-0.2, -0.15) is 0 Å². The van der Waals surface area contributed by atoms with Gasteiger partial charge in [0.05, 0.1) is 22.0 Å². The van der Waals surface area contributed by atoms with Crippen molar-refractivity contribution >= 4 is 39.2 Å². The molecule has 1 amide bonds. The number of benzene rings is 1. The molecule has 188 valence electrons. The first-order valence-corrected chi connectivity index (χ1v) is 12.2. The number of hydrogen-bond donors (Lipinski definition) is 2. The number of nitrogens with zero attached hydrogens (tertiary/aromatic N) is 4. The van der Waals surface area contributed by atoms with Gasteiger partial charge in [-0.3, -0.25) is 9.88 Å². The number of ether oxygens (including phenoxy) is 1. The maximum Gasteiger partial charge on any atom is 0.415 e. The number of aliphatic hydroxyl groups is 1. The van der Waals surface area contributed by atoms with Crippen LogP contribution in [0, 0.1) is 0 Å². The van der Waals surface area contributed by atoms with Gasteiger partial charge in [0.25, 0.3) is 0 Å². The van der Waals surface area contributed by atoms with Crippen molar-refractivity contribution in [3.8, 4) is 21.8 Å². The van der Waals surface area contributed by atoms with Crippen LogP contribution < -0.4 is 10.2 Å². The number of amides is 1. The van der Waals surface area contributed by atoms with Crippen LogP contribution in [0.2, 0.25) is 0 Å². The van der Waals surface area contributed by atoms with Gasteiger partial charge in [0.2, 0.25) is 0 Å². The summed E-state index contributed by atoms with van der Waals surface area (Å²) in [4.78, 5) is 27.3. The Balaban J connectivity index is 1.46. The van der Waals surface area contributed by atoms with Crippen molar-refractivity contribution in [2.75, 3.05) is 30.5 Å². The molecule has 2 N–H and O–H groups in total. The minimum absolute atomic E-state index is 0.143. The standard InChI is InChI=1S/C26H28FN5O3S/c1-26(2,3)35-25(34)32(4)23-10-6-17(14-30-23)16-5-8-21(29-13-16)24-31-20-9-7-18(11-22(20)36-24)28-15-19(33)12-27/h5-11,13-14,19,28,33H,12,15H2,1-4H3. The van der Waals surface area contributed by atoms with Gasteiger partial charge in [0, 0.05) is 42.8 Å². The predicted octanol–water partition coefficient (Wildman–Crippen LogP) is 5.53. The van der Waals surface area contributed by atoms with Gasteiger partial charge >= 0.3 is 6.09 Å². The van der Waals surface area contributed by atoms with Crippen LogP contribution in [0.5, 0.6) is 0 Å². The number of anilines is 2. The number of nitrogens with one attached hydrogen (secondary N) is 1. The lowest BCUT2D eigenvalue weighted by Crippen LogP contribution is -2.34. The van der Waals surface area contributed by atoms with Crippen LogP contribution in [0.25, 0.3) is 32.0 Å². The molecule has 4 rings (SSSR count). The molecule has 1 atom stereocenters. The lowest BCUT2D eigenvalue weighted by Gasteiger charge is -2.24. The van der Waals surface area contributed by atoms with Crippen molar-refractivity contribution in [1.29, 1.82) is 0 Å². The van der Waals surface area contributed by atoms with Crippen molar-refractivity contribution < 1.29 is 19.0 Å². The second-order valence-corrected chi connectivity index (χ2v) is 10.3. The Bertz CT molecular complexity index is 1340. The molecule has 1 aromatic carbocycles. The molecular formula is C26H28FN5O3S. The normalized spacial score (nSPS) is 12.4. The van der Waals surface area contributed by atoms with Crippen LogP contribution in [-0.2, 0) is 4.74 Å². The Morgan fingerprint density at radius 2 is 1.86 bits per heavy atom. The van der Waals surface area contributed by atoms with E-state index in [1.807, 2.05) is 57.2 Å². The highest BCUT2D eigenvalue weighted by Crippen LogP contribution is 2.32. The first kappa shape index (κ1) is 25.5. The van der Waals surface area contributed by atoms with Crippen LogP contribution in [0.3, 0.4) is 0 Å². The third kappa shape index (κ3) is 6.13. The monoisotopic (exact) mass is 509 g/mol. The number of alkyl halides is 1. The number of carbonyl (C=O) groups excluding carboxylic acids is 1. The molecule has 4 aromatic rings. The summed E-state index contributed by atoms with van der Waals surface area (Å²) < 4.78 is 18.8. The quantitative estimate of drug-likeness (QED) is 0.338. The molecule has 0 bridgehead atoms. The summed E-state index contributed by atoms with van der Waals surface area (Å²) in [6.07, 6.45) is 1.96. The van der Waals surface area contributed by atoms with E-state index in [0.717, 1.165) is 37.7 Å². The second-order valence-electron chi connectivity index (χ2n) is 9.27. The fourth-order valence-electron chi connectivity index (χ4n) is 3.30. The Kier molecular flexibility index (Phi) is 7.46. The molecule has 10 heteroatoms. The molecule has 3 aromatic heterocycles. The molecule has 0 fully saturated rings. The fraction of sp³-hybridized carbons (Fsp3) is 0.308. The molecule has 0 radical (unpaired) electrons. The zero-order valence-electron chi connectivity index (χ0n) is 20.5. The molecule has 36 heavy (non-hydrogen) atoms. The highest BCUT2D eigenvalue weighted by molar-refractivity contribution is 7.21. The number of fused-ring (bicyclic) bond motifs is 1. The van der Waals surface area contributed by atoms with Crippen LogP contribution in [-0.4, -0.2) is 58.1 Å². The highest BCUT2D eigenvalue weighted by atomic mass is 32.1. The van der Waals surface area contributed by atoms with Crippen molar-refractivity contribution in [3.63, 3.8) is 0 Å². The molecule has 0 aliphatic rings. The molecule has 0 aliphatic heterocycles. The van der Waals surface area contributed by atoms with Gasteiger partial charge in [-0.05, 0) is 57.2 Å². The second kappa shape index (κ2) is 10.5. The van der Waals surface area contributed by atoms with E-state index in [-0.39, 0.29) is 6.54 Å². The van der Waals surface area contributed by atoms with E-state index in [9.17, 15) is 14.3 Å². The van der Waals surface area contributed by atoms with Crippen LogP contribution in [0.4, 0.5) is 20.7 Å². The number of rotatable bonds is 7. The Hall–Kier alpha value is -3.63. The molecule has 0 aliphatic carbocycles. The maximum atomic E-state index is 12.5. The fourth-order valence-corrected chi connectivity index (χ4v) is 4.29. The van der Waals surface area contributed by atoms with Gasteiger partial charge in [-0.15, -0.1) is 11.3 Å². The van der Waals surface area contributed by atoms with Gasteiger partial charge in [-0.1, -0.05) is 6.07 Å². The molecule has 1 unspecified atom stereocenters. The Morgan fingerprint density at radius 1 is 1.14 bits per heavy atom. The number of thiazole rings is 1. The highest BCUT2D eigenvalue weighted by Gasteiger charge is 2.21. The third-order valence-electron chi connectivity index (χ3n) is 5.18. The SMILES string of the molecule is CN(C(=O)OC(C)(C)C)c1ccc(-c2ccc(-c3nc4ccc(NCC(O)CF)cc4s3)nc2)cn1. The number of carbonyl (C=O) groups is 1. The van der Waals surface area contributed by atoms with E-state index in [1.54, 1.807) is 25.5 Å². The summed E-state index contributed by atoms with van der Waals surface area (Å²) in [5, 5.41) is 13.2. The molecule has 3 heterocycles. The molecule has 8 nitrogen and oxygen atoms in total. The van der Waals surface area contributed by atoms with Crippen LogP contribution in [0.15, 0.2) is 54.9 Å². The minimum Gasteiger partial charge on any atom is -0.443 e. The van der Waals surface area contributed by atoms with Crippen LogP contribution >= 0.6 is 11.3 Å². The summed E-state index contributed by atoms with van der Waals surface area (Å²) in [7, 11) is 1.62.